The highest BCUT2D eigenvalue weighted by Crippen LogP contribution is 2.07. The first kappa shape index (κ1) is 8.94. The SMILES string of the molecule is CC(C)(C)/C=N/NC(N)=O. The van der Waals surface area contributed by atoms with E-state index in [1.165, 1.54) is 0 Å². The second-order valence-corrected chi connectivity index (χ2v) is 3.10. The van der Waals surface area contributed by atoms with Gasteiger partial charge in [-0.3, -0.25) is 0 Å². The van der Waals surface area contributed by atoms with E-state index in [0.29, 0.717) is 0 Å². The van der Waals surface area contributed by atoms with E-state index in [1.807, 2.05) is 20.8 Å². The molecule has 0 spiro atoms. The minimum atomic E-state index is -0.638. The Kier molecular flexibility index (Phi) is 2.86. The van der Waals surface area contributed by atoms with Crippen molar-refractivity contribution in [1.82, 2.24) is 5.43 Å². The molecule has 0 saturated carbocycles. The van der Waals surface area contributed by atoms with E-state index < -0.39 is 6.03 Å². The van der Waals surface area contributed by atoms with E-state index in [-0.39, 0.29) is 5.41 Å². The maximum atomic E-state index is 10.1. The lowest BCUT2D eigenvalue weighted by Crippen LogP contribution is -2.25. The molecule has 0 heterocycles. The van der Waals surface area contributed by atoms with Gasteiger partial charge in [0.25, 0.3) is 0 Å². The quantitative estimate of drug-likeness (QED) is 0.411. The van der Waals surface area contributed by atoms with Gasteiger partial charge in [-0.25, -0.2) is 10.2 Å². The Bertz CT molecular complexity index is 146. The number of amides is 2. The molecule has 0 radical (unpaired) electrons. The van der Waals surface area contributed by atoms with Crippen molar-refractivity contribution >= 4 is 12.2 Å². The van der Waals surface area contributed by atoms with Crippen LogP contribution in [0, 0.1) is 5.41 Å². The van der Waals surface area contributed by atoms with Gasteiger partial charge in [0.1, 0.15) is 0 Å². The molecule has 0 fully saturated rings. The number of nitrogens with zero attached hydrogens (tertiary/aromatic N) is 1. The minimum absolute atomic E-state index is 0.0253. The molecule has 10 heavy (non-hydrogen) atoms. The van der Waals surface area contributed by atoms with Crippen LogP contribution >= 0.6 is 0 Å². The van der Waals surface area contributed by atoms with E-state index in [4.69, 9.17) is 5.73 Å². The van der Waals surface area contributed by atoms with Gasteiger partial charge in [-0.1, -0.05) is 20.8 Å². The third kappa shape index (κ3) is 6.94. The van der Waals surface area contributed by atoms with E-state index in [2.05, 4.69) is 10.5 Å². The van der Waals surface area contributed by atoms with Crippen LogP contribution in [0.4, 0.5) is 4.79 Å². The van der Waals surface area contributed by atoms with Gasteiger partial charge in [-0.05, 0) is 5.41 Å². The number of carbonyl (C=O) groups is 1. The van der Waals surface area contributed by atoms with Gasteiger partial charge in [-0.2, -0.15) is 5.10 Å². The van der Waals surface area contributed by atoms with Gasteiger partial charge >= 0.3 is 6.03 Å². The zero-order valence-electron chi connectivity index (χ0n) is 6.51. The van der Waals surface area contributed by atoms with Crippen molar-refractivity contribution in [2.24, 2.45) is 16.3 Å². The molecule has 2 amide bonds. The summed E-state index contributed by atoms with van der Waals surface area (Å²) in [5.74, 6) is 0. The number of nitrogens with one attached hydrogen (secondary N) is 1. The van der Waals surface area contributed by atoms with Crippen LogP contribution in [-0.2, 0) is 0 Å². The summed E-state index contributed by atoms with van der Waals surface area (Å²) in [5.41, 5.74) is 6.84. The standard InChI is InChI=1S/C6H13N3O/c1-6(2,3)4-8-9-5(7)10/h4H,1-3H3,(H3,7,9,10)/b8-4+. The van der Waals surface area contributed by atoms with E-state index in [0.717, 1.165) is 0 Å². The van der Waals surface area contributed by atoms with Crippen LogP contribution in [-0.4, -0.2) is 12.2 Å². The number of nitrogens with two attached hydrogens (primary N) is 1. The normalized spacial score (nSPS) is 11.9. The average molecular weight is 143 g/mol. The molecule has 0 rings (SSSR count). The molecule has 0 bridgehead atoms. The van der Waals surface area contributed by atoms with Crippen molar-refractivity contribution in [2.45, 2.75) is 20.8 Å². The smallest absolute Gasteiger partial charge is 0.332 e. The van der Waals surface area contributed by atoms with Crippen molar-refractivity contribution in [3.63, 3.8) is 0 Å². The van der Waals surface area contributed by atoms with Gasteiger partial charge in [0.05, 0.1) is 0 Å². The number of hydrazone groups is 1. The number of urea groups is 1. The molecule has 0 aromatic heterocycles. The van der Waals surface area contributed by atoms with Crippen molar-refractivity contribution < 1.29 is 4.79 Å². The molecule has 3 N–H and O–H groups in total. The van der Waals surface area contributed by atoms with Crippen molar-refractivity contribution in [3.8, 4) is 0 Å². The zero-order chi connectivity index (χ0) is 8.20. The predicted molar refractivity (Wildman–Crippen MR) is 40.7 cm³/mol. The number of hydrogen-bond acceptors (Lipinski definition) is 2. The van der Waals surface area contributed by atoms with Gasteiger partial charge in [-0.15, -0.1) is 0 Å². The summed E-state index contributed by atoms with van der Waals surface area (Å²) in [7, 11) is 0. The molecule has 0 aliphatic carbocycles. The monoisotopic (exact) mass is 143 g/mol. The third-order valence-corrected chi connectivity index (χ3v) is 0.627. The summed E-state index contributed by atoms with van der Waals surface area (Å²) in [6.45, 7) is 5.91. The summed E-state index contributed by atoms with van der Waals surface area (Å²) in [6, 6.07) is -0.638. The Morgan fingerprint density at radius 2 is 2.10 bits per heavy atom. The first-order valence-electron chi connectivity index (χ1n) is 3.01. The van der Waals surface area contributed by atoms with Crippen LogP contribution in [0.1, 0.15) is 20.8 Å². The molecule has 0 aliphatic heterocycles. The first-order chi connectivity index (χ1) is 4.42. The summed E-state index contributed by atoms with van der Waals surface area (Å²) in [5, 5.41) is 3.59. The molecular formula is C6H13N3O. The second-order valence-electron chi connectivity index (χ2n) is 3.10. The van der Waals surface area contributed by atoms with Crippen LogP contribution < -0.4 is 11.2 Å². The average Bonchev–Trinajstić information content (AvgIpc) is 1.59. The van der Waals surface area contributed by atoms with E-state index >= 15 is 0 Å². The second kappa shape index (κ2) is 3.20. The number of carbonyl (C=O) groups excluding carboxylic acids is 1. The highest BCUT2D eigenvalue weighted by molar-refractivity contribution is 5.73. The molecule has 58 valence electrons. The lowest BCUT2D eigenvalue weighted by molar-refractivity contribution is 0.249. The molecule has 0 unspecified atom stereocenters. The maximum absolute atomic E-state index is 10.1. The summed E-state index contributed by atoms with van der Waals surface area (Å²) in [4.78, 5) is 10.1. The van der Waals surface area contributed by atoms with Gasteiger partial charge in [0, 0.05) is 6.21 Å². The maximum Gasteiger partial charge on any atom is 0.332 e. The molecular weight excluding hydrogens is 130 g/mol. The molecule has 4 heteroatoms. The first-order valence-corrected chi connectivity index (χ1v) is 3.01. The Balaban J connectivity index is 3.67. The fourth-order valence-corrected chi connectivity index (χ4v) is 0.290. The van der Waals surface area contributed by atoms with Crippen molar-refractivity contribution in [2.75, 3.05) is 0 Å². The van der Waals surface area contributed by atoms with Crippen LogP contribution in [0.25, 0.3) is 0 Å². The van der Waals surface area contributed by atoms with Crippen LogP contribution in [0.15, 0.2) is 5.10 Å². The fraction of sp³-hybridized carbons (Fsp3) is 0.667. The van der Waals surface area contributed by atoms with E-state index in [1.54, 1.807) is 6.21 Å². The van der Waals surface area contributed by atoms with Crippen LogP contribution in [0.5, 0.6) is 0 Å². The van der Waals surface area contributed by atoms with E-state index in [9.17, 15) is 4.79 Å². The summed E-state index contributed by atoms with van der Waals surface area (Å²) in [6.07, 6.45) is 1.62. The highest BCUT2D eigenvalue weighted by atomic mass is 16.2. The number of primary amides is 1. The molecule has 0 saturated heterocycles. The Morgan fingerprint density at radius 1 is 1.60 bits per heavy atom. The Hall–Kier alpha value is -1.06. The van der Waals surface area contributed by atoms with Crippen LogP contribution in [0.3, 0.4) is 0 Å². The van der Waals surface area contributed by atoms with Gasteiger partial charge < -0.3 is 5.73 Å². The highest BCUT2D eigenvalue weighted by Gasteiger charge is 2.04. The lowest BCUT2D eigenvalue weighted by atomic mass is 9.99. The summed E-state index contributed by atoms with van der Waals surface area (Å²) >= 11 is 0. The summed E-state index contributed by atoms with van der Waals surface area (Å²) < 4.78 is 0. The van der Waals surface area contributed by atoms with Crippen molar-refractivity contribution in [3.05, 3.63) is 0 Å². The largest absolute Gasteiger partial charge is 0.350 e. The zero-order valence-corrected chi connectivity index (χ0v) is 6.51. The molecule has 0 aromatic carbocycles. The topological polar surface area (TPSA) is 67.5 Å². The molecule has 4 nitrogen and oxygen atoms in total. The van der Waals surface area contributed by atoms with Crippen LogP contribution in [0.2, 0.25) is 0 Å². The third-order valence-electron chi connectivity index (χ3n) is 0.627. The number of hydrogen-bond donors (Lipinski definition) is 2. The van der Waals surface area contributed by atoms with Gasteiger partial charge in [0.15, 0.2) is 0 Å². The predicted octanol–water partition coefficient (Wildman–Crippen LogP) is 0.687. The Labute approximate surface area is 60.5 Å². The minimum Gasteiger partial charge on any atom is -0.350 e. The molecule has 0 atom stereocenters. The lowest BCUT2D eigenvalue weighted by Gasteiger charge is -2.08. The number of rotatable bonds is 1. The molecule has 0 aromatic rings. The van der Waals surface area contributed by atoms with Crippen molar-refractivity contribution in [1.29, 1.82) is 0 Å². The Morgan fingerprint density at radius 3 is 2.40 bits per heavy atom. The van der Waals surface area contributed by atoms with Gasteiger partial charge in [0.2, 0.25) is 0 Å². The molecule has 0 aliphatic rings. The fourth-order valence-electron chi connectivity index (χ4n) is 0.290.